The summed E-state index contributed by atoms with van der Waals surface area (Å²) in [5, 5.41) is 13.3. The van der Waals surface area contributed by atoms with Gasteiger partial charge in [-0.1, -0.05) is 71.8 Å². The molecule has 0 bridgehead atoms. The lowest BCUT2D eigenvalue weighted by Crippen LogP contribution is -2.53. The number of nitrogens with one attached hydrogen (secondary N) is 1. The molecule has 6 unspecified atom stereocenters. The normalized spacial score (nSPS) is 30.4. The van der Waals surface area contributed by atoms with Crippen molar-refractivity contribution in [1.29, 1.82) is 0 Å². The highest BCUT2D eigenvalue weighted by molar-refractivity contribution is 6.32. The molecule has 7 rings (SSSR count). The summed E-state index contributed by atoms with van der Waals surface area (Å²) in [5.41, 5.74) is 2.06. The van der Waals surface area contributed by atoms with E-state index in [0.717, 1.165) is 11.1 Å². The average molecular weight is 567 g/mol. The number of nitrogens with zero attached hydrogens (tertiary/aromatic N) is 1. The quantitative estimate of drug-likeness (QED) is 0.350. The van der Waals surface area contributed by atoms with Crippen LogP contribution in [0.1, 0.15) is 35.4 Å². The van der Waals surface area contributed by atoms with Gasteiger partial charge in [0.05, 0.1) is 28.9 Å². The summed E-state index contributed by atoms with van der Waals surface area (Å²) in [7, 11) is 0. The standard InChI is InChI=1S/C33H27ClN2O5/c1-17-14-18(10-13-26(17)37)28-22-11-12-23-27(30(39)35-29(23)38)24(22)16-25-31(40)36(21-9-5-8-20(34)15-21)32(41)33(25,28)19-6-3-2-4-7-19/h2-11,13-15,23-25,27-28,37H,12,16H2,1H3,(H,35,38,39). The number of halogens is 1. The minimum absolute atomic E-state index is 0.124. The first-order valence-electron chi connectivity index (χ1n) is 13.8. The van der Waals surface area contributed by atoms with Crippen molar-refractivity contribution in [2.75, 3.05) is 4.90 Å². The van der Waals surface area contributed by atoms with Crippen LogP contribution in [0.5, 0.6) is 5.75 Å². The predicted molar refractivity (Wildman–Crippen MR) is 152 cm³/mol. The number of amides is 4. The zero-order chi connectivity index (χ0) is 28.6. The summed E-state index contributed by atoms with van der Waals surface area (Å²) in [6.07, 6.45) is 2.63. The van der Waals surface area contributed by atoms with Crippen molar-refractivity contribution in [2.24, 2.45) is 23.7 Å². The number of benzene rings is 3. The Kier molecular flexibility index (Phi) is 5.74. The van der Waals surface area contributed by atoms with Crippen molar-refractivity contribution in [2.45, 2.75) is 31.1 Å². The molecule has 4 amide bonds. The van der Waals surface area contributed by atoms with Gasteiger partial charge in [-0.25, -0.2) is 4.90 Å². The van der Waals surface area contributed by atoms with E-state index < -0.39 is 35.0 Å². The Balaban J connectivity index is 1.53. The first-order chi connectivity index (χ1) is 19.7. The second kappa shape index (κ2) is 9.14. The van der Waals surface area contributed by atoms with Crippen molar-refractivity contribution < 1.29 is 24.3 Å². The van der Waals surface area contributed by atoms with E-state index in [9.17, 15) is 24.3 Å². The molecular formula is C33H27ClN2O5. The van der Waals surface area contributed by atoms with E-state index in [1.807, 2.05) is 42.5 Å². The Morgan fingerprint density at radius 3 is 2.44 bits per heavy atom. The molecule has 3 aromatic carbocycles. The monoisotopic (exact) mass is 566 g/mol. The average Bonchev–Trinajstić information content (AvgIpc) is 3.38. The first-order valence-corrected chi connectivity index (χ1v) is 14.1. The Labute approximate surface area is 241 Å². The third-order valence-corrected chi connectivity index (χ3v) is 9.80. The topological polar surface area (TPSA) is 104 Å². The van der Waals surface area contributed by atoms with Gasteiger partial charge in [0.25, 0.3) is 0 Å². The van der Waals surface area contributed by atoms with Gasteiger partial charge in [0.15, 0.2) is 0 Å². The van der Waals surface area contributed by atoms with Crippen molar-refractivity contribution in [3.8, 4) is 5.75 Å². The molecule has 1 saturated carbocycles. The predicted octanol–water partition coefficient (Wildman–Crippen LogP) is 4.80. The Morgan fingerprint density at radius 1 is 0.927 bits per heavy atom. The number of carbonyl (C=O) groups excluding carboxylic acids is 4. The van der Waals surface area contributed by atoms with Crippen LogP contribution in [0.4, 0.5) is 5.69 Å². The summed E-state index contributed by atoms with van der Waals surface area (Å²) in [6.45, 7) is 1.79. The molecule has 6 atom stereocenters. The van der Waals surface area contributed by atoms with Crippen LogP contribution in [-0.4, -0.2) is 28.7 Å². The van der Waals surface area contributed by atoms with Crippen molar-refractivity contribution in [1.82, 2.24) is 5.32 Å². The molecule has 3 fully saturated rings. The van der Waals surface area contributed by atoms with Gasteiger partial charge in [0, 0.05) is 10.9 Å². The lowest BCUT2D eigenvalue weighted by atomic mass is 9.49. The van der Waals surface area contributed by atoms with Crippen LogP contribution in [0.2, 0.25) is 5.02 Å². The molecule has 206 valence electrons. The maximum atomic E-state index is 15.0. The largest absolute Gasteiger partial charge is 0.508 e. The molecule has 2 N–H and O–H groups in total. The molecular weight excluding hydrogens is 540 g/mol. The van der Waals surface area contributed by atoms with Gasteiger partial charge in [0.2, 0.25) is 23.6 Å². The Morgan fingerprint density at radius 2 is 1.71 bits per heavy atom. The number of fused-ring (bicyclic) bond motifs is 4. The molecule has 8 heteroatoms. The fraction of sp³-hybridized carbons (Fsp3) is 0.273. The minimum Gasteiger partial charge on any atom is -0.508 e. The lowest BCUT2D eigenvalue weighted by Gasteiger charge is -2.50. The molecule has 41 heavy (non-hydrogen) atoms. The molecule has 7 nitrogen and oxygen atoms in total. The number of imide groups is 2. The number of phenolic OH excluding ortho intramolecular Hbond substituents is 1. The molecule has 0 aromatic heterocycles. The van der Waals surface area contributed by atoms with Crippen molar-refractivity contribution in [3.63, 3.8) is 0 Å². The van der Waals surface area contributed by atoms with Gasteiger partial charge in [-0.2, -0.15) is 0 Å². The highest BCUT2D eigenvalue weighted by Crippen LogP contribution is 2.64. The number of anilines is 1. The second-order valence-electron chi connectivity index (χ2n) is 11.5. The van der Waals surface area contributed by atoms with Crippen LogP contribution in [0, 0.1) is 30.6 Å². The zero-order valence-electron chi connectivity index (χ0n) is 22.2. The highest BCUT2D eigenvalue weighted by atomic mass is 35.5. The second-order valence-corrected chi connectivity index (χ2v) is 11.9. The number of rotatable bonds is 3. The van der Waals surface area contributed by atoms with Crippen LogP contribution in [0.3, 0.4) is 0 Å². The Bertz CT molecular complexity index is 1680. The lowest BCUT2D eigenvalue weighted by molar-refractivity contribution is -0.128. The smallest absolute Gasteiger partial charge is 0.246 e. The number of aromatic hydroxyl groups is 1. The first kappa shape index (κ1) is 25.7. The van der Waals surface area contributed by atoms with Gasteiger partial charge in [0.1, 0.15) is 5.75 Å². The van der Waals surface area contributed by atoms with Gasteiger partial charge < -0.3 is 5.11 Å². The fourth-order valence-corrected chi connectivity index (χ4v) is 8.07. The van der Waals surface area contributed by atoms with E-state index in [4.69, 9.17) is 11.6 Å². The minimum atomic E-state index is -1.32. The summed E-state index contributed by atoms with van der Waals surface area (Å²) in [4.78, 5) is 56.6. The number of hydrogen-bond donors (Lipinski definition) is 2. The van der Waals surface area contributed by atoms with Crippen LogP contribution in [-0.2, 0) is 24.6 Å². The SMILES string of the molecule is Cc1cc(C2C3=CCC4C(=O)NC(=O)C4C3CC3C(=O)N(c4cccc(Cl)c4)C(=O)C32c2ccccc2)ccc1O. The zero-order valence-corrected chi connectivity index (χ0v) is 23.0. The van der Waals surface area contributed by atoms with E-state index in [1.54, 1.807) is 43.3 Å². The molecule has 0 radical (unpaired) electrons. The number of hydrogen-bond acceptors (Lipinski definition) is 5. The van der Waals surface area contributed by atoms with Crippen LogP contribution < -0.4 is 10.2 Å². The number of allylic oxidation sites excluding steroid dienone is 2. The third kappa shape index (κ3) is 3.51. The third-order valence-electron chi connectivity index (χ3n) is 9.56. The van der Waals surface area contributed by atoms with E-state index in [1.165, 1.54) is 4.90 Å². The van der Waals surface area contributed by atoms with Crippen LogP contribution in [0.25, 0.3) is 0 Å². The molecule has 0 spiro atoms. The molecule has 4 aliphatic rings. The van der Waals surface area contributed by atoms with Crippen molar-refractivity contribution >= 4 is 40.9 Å². The molecule has 3 aromatic rings. The number of aryl methyl sites for hydroxylation is 1. The maximum absolute atomic E-state index is 15.0. The van der Waals surface area contributed by atoms with E-state index >= 15 is 0 Å². The molecule has 2 aliphatic heterocycles. The Hall–Kier alpha value is -4.23. The number of carbonyl (C=O) groups is 4. The van der Waals surface area contributed by atoms with Gasteiger partial charge in [-0.05, 0) is 66.6 Å². The number of phenols is 1. The van der Waals surface area contributed by atoms with Gasteiger partial charge in [-0.3, -0.25) is 24.5 Å². The highest BCUT2D eigenvalue weighted by Gasteiger charge is 2.69. The van der Waals surface area contributed by atoms with E-state index in [0.29, 0.717) is 28.3 Å². The van der Waals surface area contributed by atoms with Gasteiger partial charge in [-0.15, -0.1) is 0 Å². The summed E-state index contributed by atoms with van der Waals surface area (Å²) in [6, 6.07) is 21.3. The molecule has 2 aliphatic carbocycles. The molecule has 2 heterocycles. The van der Waals surface area contributed by atoms with Crippen LogP contribution >= 0.6 is 11.6 Å². The summed E-state index contributed by atoms with van der Waals surface area (Å²) in [5.74, 6) is -4.14. The van der Waals surface area contributed by atoms with Crippen LogP contribution in [0.15, 0.2) is 84.4 Å². The van der Waals surface area contributed by atoms with Gasteiger partial charge >= 0.3 is 0 Å². The van der Waals surface area contributed by atoms with Crippen molar-refractivity contribution in [3.05, 3.63) is 106 Å². The summed E-state index contributed by atoms with van der Waals surface area (Å²) >= 11 is 6.31. The summed E-state index contributed by atoms with van der Waals surface area (Å²) < 4.78 is 0. The van der Waals surface area contributed by atoms with E-state index in [2.05, 4.69) is 5.32 Å². The maximum Gasteiger partial charge on any atom is 0.246 e. The van der Waals surface area contributed by atoms with E-state index in [-0.39, 0.29) is 35.8 Å². The fourth-order valence-electron chi connectivity index (χ4n) is 7.89. The molecule has 2 saturated heterocycles.